The Morgan fingerprint density at radius 2 is 1.85 bits per heavy atom. The van der Waals surface area contributed by atoms with Crippen molar-refractivity contribution in [3.8, 4) is 5.75 Å². The number of nitrogens with zero attached hydrogens (tertiary/aromatic N) is 1. The molecule has 0 unspecified atom stereocenters. The molecule has 2 aliphatic rings. The van der Waals surface area contributed by atoms with Crippen molar-refractivity contribution in [1.82, 2.24) is 10.2 Å². The van der Waals surface area contributed by atoms with Gasteiger partial charge >= 0.3 is 5.97 Å². The second-order valence-electron chi connectivity index (χ2n) is 6.94. The van der Waals surface area contributed by atoms with Crippen molar-refractivity contribution in [3.05, 3.63) is 29.1 Å². The minimum absolute atomic E-state index is 0.000189. The van der Waals surface area contributed by atoms with E-state index in [0.29, 0.717) is 31.4 Å². The van der Waals surface area contributed by atoms with Gasteiger partial charge < -0.3 is 15.5 Å². The quantitative estimate of drug-likeness (QED) is 0.636. The predicted molar refractivity (Wildman–Crippen MR) is 84.2 cm³/mol. The Hall–Kier alpha value is -2.29. The second kappa shape index (κ2) is 7.14. The summed E-state index contributed by atoms with van der Waals surface area (Å²) in [6.45, 7) is 0.622. The Labute approximate surface area is 147 Å². The summed E-state index contributed by atoms with van der Waals surface area (Å²) in [5, 5.41) is 20.7. The highest BCUT2D eigenvalue weighted by molar-refractivity contribution is 5.95. The van der Waals surface area contributed by atoms with Crippen molar-refractivity contribution in [2.45, 2.75) is 37.8 Å². The van der Waals surface area contributed by atoms with Crippen LogP contribution < -0.4 is 5.32 Å². The first-order chi connectivity index (χ1) is 12.3. The maximum atomic E-state index is 13.8. The van der Waals surface area contributed by atoms with Crippen molar-refractivity contribution < 1.29 is 33.0 Å². The van der Waals surface area contributed by atoms with Crippen molar-refractivity contribution >= 4 is 11.9 Å². The molecular formula is C17H19F3N2O4. The molecule has 0 heterocycles. The molecule has 0 radical (unpaired) electrons. The minimum Gasteiger partial charge on any atom is -0.503 e. The normalized spacial score (nSPS) is 22.2. The number of carbonyl (C=O) groups excluding carboxylic acids is 1. The molecule has 9 heteroatoms. The molecule has 1 aromatic rings. The molecular weight excluding hydrogens is 353 g/mol. The average Bonchev–Trinajstić information content (AvgIpc) is 3.34. The lowest BCUT2D eigenvalue weighted by atomic mass is 9.85. The molecule has 3 N–H and O–H groups in total. The van der Waals surface area contributed by atoms with Crippen molar-refractivity contribution in [3.63, 3.8) is 0 Å². The lowest BCUT2D eigenvalue weighted by molar-refractivity contribution is -0.139. The van der Waals surface area contributed by atoms with Gasteiger partial charge in [-0.2, -0.15) is 4.39 Å². The van der Waals surface area contributed by atoms with Gasteiger partial charge in [0.05, 0.1) is 12.1 Å². The summed E-state index contributed by atoms with van der Waals surface area (Å²) in [4.78, 5) is 24.9. The third-order valence-corrected chi connectivity index (χ3v) is 4.87. The lowest BCUT2D eigenvalue weighted by Crippen LogP contribution is -2.55. The number of rotatable bonds is 7. The van der Waals surface area contributed by atoms with Gasteiger partial charge in [-0.25, -0.2) is 8.78 Å². The fourth-order valence-electron chi connectivity index (χ4n) is 3.17. The fraction of sp³-hybridized carbons (Fsp3) is 0.529. The van der Waals surface area contributed by atoms with Gasteiger partial charge in [0, 0.05) is 18.6 Å². The van der Waals surface area contributed by atoms with Crippen LogP contribution in [0.2, 0.25) is 0 Å². The molecule has 1 amide bonds. The molecule has 2 saturated carbocycles. The number of aliphatic carboxylic acids is 1. The molecule has 0 atom stereocenters. The maximum Gasteiger partial charge on any atom is 0.317 e. The van der Waals surface area contributed by atoms with Crippen LogP contribution in [-0.2, 0) is 4.79 Å². The first-order valence-electron chi connectivity index (χ1n) is 8.39. The third kappa shape index (κ3) is 3.92. The number of carboxylic acid groups (broad SMARTS) is 1. The number of phenols is 1. The van der Waals surface area contributed by atoms with E-state index < -0.39 is 40.6 Å². The SMILES string of the molecule is O=C(O)CN(CC1CC1)C1CC(NC(=O)c2cc(F)c(F)c(O)c2F)C1. The molecule has 3 rings (SSSR count). The molecule has 0 aromatic heterocycles. The largest absolute Gasteiger partial charge is 0.503 e. The number of carboxylic acids is 1. The second-order valence-corrected chi connectivity index (χ2v) is 6.94. The predicted octanol–water partition coefficient (Wildman–Crippen LogP) is 1.87. The summed E-state index contributed by atoms with van der Waals surface area (Å²) in [5.41, 5.74) is -0.773. The highest BCUT2D eigenvalue weighted by Gasteiger charge is 2.38. The summed E-state index contributed by atoms with van der Waals surface area (Å²) in [5.74, 6) is -7.66. The highest BCUT2D eigenvalue weighted by atomic mass is 19.2. The van der Waals surface area contributed by atoms with E-state index in [4.69, 9.17) is 5.11 Å². The number of phenolic OH excluding ortho intramolecular Hbond substituents is 1. The highest BCUT2D eigenvalue weighted by Crippen LogP contribution is 2.34. The van der Waals surface area contributed by atoms with E-state index in [9.17, 15) is 27.9 Å². The van der Waals surface area contributed by atoms with Gasteiger partial charge in [-0.3, -0.25) is 14.5 Å². The van der Waals surface area contributed by atoms with Gasteiger partial charge in [-0.05, 0) is 37.7 Å². The number of nitrogens with one attached hydrogen (secondary N) is 1. The van der Waals surface area contributed by atoms with Gasteiger partial charge in [-0.15, -0.1) is 0 Å². The minimum atomic E-state index is -1.74. The van der Waals surface area contributed by atoms with E-state index in [1.54, 1.807) is 0 Å². The zero-order valence-corrected chi connectivity index (χ0v) is 13.8. The molecule has 0 bridgehead atoms. The number of amides is 1. The van der Waals surface area contributed by atoms with Crippen LogP contribution in [0.4, 0.5) is 13.2 Å². The zero-order valence-electron chi connectivity index (χ0n) is 13.8. The Morgan fingerprint density at radius 1 is 1.19 bits per heavy atom. The van der Waals surface area contributed by atoms with Crippen molar-refractivity contribution in [2.24, 2.45) is 5.92 Å². The van der Waals surface area contributed by atoms with Crippen LogP contribution in [0.25, 0.3) is 0 Å². The van der Waals surface area contributed by atoms with E-state index >= 15 is 0 Å². The van der Waals surface area contributed by atoms with Crippen LogP contribution in [0.15, 0.2) is 6.07 Å². The van der Waals surface area contributed by atoms with E-state index in [1.165, 1.54) is 0 Å². The van der Waals surface area contributed by atoms with Crippen molar-refractivity contribution in [2.75, 3.05) is 13.1 Å². The number of halogens is 3. The lowest BCUT2D eigenvalue weighted by Gasteiger charge is -2.42. The number of aromatic hydroxyl groups is 1. The molecule has 142 valence electrons. The number of hydrogen-bond donors (Lipinski definition) is 3. The zero-order chi connectivity index (χ0) is 19.0. The monoisotopic (exact) mass is 372 g/mol. The van der Waals surface area contributed by atoms with Crippen LogP contribution in [-0.4, -0.2) is 52.2 Å². The molecule has 6 nitrogen and oxygen atoms in total. The van der Waals surface area contributed by atoms with Crippen LogP contribution in [0.3, 0.4) is 0 Å². The van der Waals surface area contributed by atoms with E-state index in [0.717, 1.165) is 12.8 Å². The number of hydrogen-bond acceptors (Lipinski definition) is 4. The first kappa shape index (κ1) is 18.5. The Balaban J connectivity index is 1.58. The van der Waals surface area contributed by atoms with E-state index in [-0.39, 0.29) is 18.6 Å². The summed E-state index contributed by atoms with van der Waals surface area (Å²) < 4.78 is 40.1. The number of carbonyl (C=O) groups is 2. The third-order valence-electron chi connectivity index (χ3n) is 4.87. The Kier molecular flexibility index (Phi) is 5.08. The average molecular weight is 372 g/mol. The van der Waals surface area contributed by atoms with Gasteiger partial charge in [-0.1, -0.05) is 0 Å². The standard InChI is InChI=1S/C17H19F3N2O4/c18-12-5-11(14(19)16(25)15(12)20)17(26)21-9-3-10(4-9)22(7-13(23)24)6-8-1-2-8/h5,8-10,25H,1-4,6-7H2,(H,21,26)(H,23,24). The molecule has 2 aliphatic carbocycles. The van der Waals surface area contributed by atoms with Gasteiger partial charge in [0.2, 0.25) is 5.82 Å². The molecule has 0 aliphatic heterocycles. The summed E-state index contributed by atoms with van der Waals surface area (Å²) >= 11 is 0. The van der Waals surface area contributed by atoms with Gasteiger partial charge in [0.15, 0.2) is 17.4 Å². The maximum absolute atomic E-state index is 13.8. The topological polar surface area (TPSA) is 89.9 Å². The molecule has 2 fully saturated rings. The molecule has 0 saturated heterocycles. The van der Waals surface area contributed by atoms with Crippen LogP contribution in [0, 0.1) is 23.4 Å². The Morgan fingerprint density at radius 3 is 2.42 bits per heavy atom. The van der Waals surface area contributed by atoms with E-state index in [1.807, 2.05) is 4.90 Å². The van der Waals surface area contributed by atoms with Gasteiger partial charge in [0.1, 0.15) is 0 Å². The van der Waals surface area contributed by atoms with E-state index in [2.05, 4.69) is 5.32 Å². The van der Waals surface area contributed by atoms with Crippen molar-refractivity contribution in [1.29, 1.82) is 0 Å². The summed E-state index contributed by atoms with van der Waals surface area (Å²) in [7, 11) is 0. The summed E-state index contributed by atoms with van der Waals surface area (Å²) in [6.07, 6.45) is 3.15. The summed E-state index contributed by atoms with van der Waals surface area (Å²) in [6, 6.07) is 0.0810. The molecule has 0 spiro atoms. The molecule has 1 aromatic carbocycles. The first-order valence-corrected chi connectivity index (χ1v) is 8.39. The molecule has 26 heavy (non-hydrogen) atoms. The van der Waals surface area contributed by atoms with Gasteiger partial charge in [0.25, 0.3) is 5.91 Å². The van der Waals surface area contributed by atoms with Crippen LogP contribution in [0.5, 0.6) is 5.75 Å². The Bertz CT molecular complexity index is 733. The fourth-order valence-corrected chi connectivity index (χ4v) is 3.17. The van der Waals surface area contributed by atoms with Crippen LogP contribution in [0.1, 0.15) is 36.0 Å². The smallest absolute Gasteiger partial charge is 0.317 e. The number of benzene rings is 1. The van der Waals surface area contributed by atoms with Crippen LogP contribution >= 0.6 is 0 Å².